The van der Waals surface area contributed by atoms with Crippen molar-refractivity contribution in [2.75, 3.05) is 25.9 Å². The van der Waals surface area contributed by atoms with Crippen molar-refractivity contribution in [2.45, 2.75) is 64.0 Å². The Morgan fingerprint density at radius 1 is 1.12 bits per heavy atom. The van der Waals surface area contributed by atoms with Crippen LogP contribution in [0.25, 0.3) is 0 Å². The Kier molecular flexibility index (Phi) is 7.79. The van der Waals surface area contributed by atoms with E-state index >= 15 is 0 Å². The van der Waals surface area contributed by atoms with E-state index in [-0.39, 0.29) is 18.3 Å². The number of sulfone groups is 1. The summed E-state index contributed by atoms with van der Waals surface area (Å²) >= 11 is 0. The van der Waals surface area contributed by atoms with E-state index < -0.39 is 14.6 Å². The maximum atomic E-state index is 12.7. The molecule has 0 bridgehead atoms. The molecule has 2 N–H and O–H groups in total. The largest absolute Gasteiger partial charge is 0.354 e. The predicted octanol–water partition coefficient (Wildman–Crippen LogP) is 2.54. The van der Waals surface area contributed by atoms with Gasteiger partial charge in [-0.05, 0) is 68.9 Å². The molecule has 7 heteroatoms. The van der Waals surface area contributed by atoms with Crippen molar-refractivity contribution >= 4 is 28.2 Å². The quantitative estimate of drug-likeness (QED) is 0.768. The first-order valence-electron chi connectivity index (χ1n) is 9.25. The lowest BCUT2D eigenvalue weighted by molar-refractivity contribution is -0.124. The fraction of sp³-hybridized carbons (Fsp3) is 0.944. The van der Waals surface area contributed by atoms with E-state index in [1.165, 1.54) is 19.1 Å². The highest BCUT2D eigenvalue weighted by Gasteiger charge is 2.48. The number of hydrogen-bond acceptors (Lipinski definition) is 4. The summed E-state index contributed by atoms with van der Waals surface area (Å²) in [5, 5.41) is 6.12. The molecule has 0 aromatic heterocycles. The van der Waals surface area contributed by atoms with Crippen molar-refractivity contribution in [3.63, 3.8) is 0 Å². The molecule has 0 unspecified atom stereocenters. The smallest absolute Gasteiger partial charge is 0.241 e. The molecule has 1 aliphatic carbocycles. The highest BCUT2D eigenvalue weighted by Crippen LogP contribution is 2.39. The molecule has 0 radical (unpaired) electrons. The number of amides is 1. The maximum absolute atomic E-state index is 12.7. The lowest BCUT2D eigenvalue weighted by atomic mass is 9.70. The van der Waals surface area contributed by atoms with Crippen LogP contribution in [0.2, 0.25) is 0 Å². The van der Waals surface area contributed by atoms with Crippen molar-refractivity contribution in [1.29, 1.82) is 0 Å². The highest BCUT2D eigenvalue weighted by molar-refractivity contribution is 7.92. The Hall–Kier alpha value is -0.330. The van der Waals surface area contributed by atoms with Gasteiger partial charge < -0.3 is 10.6 Å². The molecule has 1 saturated heterocycles. The monoisotopic (exact) mass is 394 g/mol. The molecule has 0 atom stereocenters. The fourth-order valence-electron chi connectivity index (χ4n) is 4.23. The summed E-state index contributed by atoms with van der Waals surface area (Å²) in [5.74, 6) is 0.937. The van der Waals surface area contributed by atoms with Crippen LogP contribution in [0.3, 0.4) is 0 Å². The van der Waals surface area contributed by atoms with Gasteiger partial charge in [-0.15, -0.1) is 12.4 Å². The number of piperidine rings is 1. The molecule has 2 aliphatic rings. The van der Waals surface area contributed by atoms with E-state index in [1.54, 1.807) is 0 Å². The Morgan fingerprint density at radius 2 is 1.64 bits per heavy atom. The van der Waals surface area contributed by atoms with Crippen LogP contribution in [0.1, 0.15) is 59.3 Å². The average molecular weight is 395 g/mol. The van der Waals surface area contributed by atoms with E-state index in [2.05, 4.69) is 31.4 Å². The minimum absolute atomic E-state index is 0. The van der Waals surface area contributed by atoms with Crippen molar-refractivity contribution in [3.8, 4) is 0 Å². The first-order chi connectivity index (χ1) is 11.1. The van der Waals surface area contributed by atoms with Crippen molar-refractivity contribution in [1.82, 2.24) is 10.6 Å². The Labute approximate surface area is 159 Å². The van der Waals surface area contributed by atoms with Crippen molar-refractivity contribution in [3.05, 3.63) is 0 Å². The van der Waals surface area contributed by atoms with Gasteiger partial charge in [0.05, 0.1) is 0 Å². The molecular formula is C18H35ClN2O3S. The van der Waals surface area contributed by atoms with Gasteiger partial charge in [0.2, 0.25) is 5.91 Å². The van der Waals surface area contributed by atoms with Gasteiger partial charge in [-0.1, -0.05) is 20.8 Å². The van der Waals surface area contributed by atoms with Crippen LogP contribution in [-0.4, -0.2) is 45.0 Å². The fourth-order valence-corrected chi connectivity index (χ4v) is 5.58. The predicted molar refractivity (Wildman–Crippen MR) is 105 cm³/mol. The van der Waals surface area contributed by atoms with Crippen LogP contribution in [0, 0.1) is 17.3 Å². The Morgan fingerprint density at radius 3 is 2.08 bits per heavy atom. The van der Waals surface area contributed by atoms with Gasteiger partial charge in [0.15, 0.2) is 14.6 Å². The van der Waals surface area contributed by atoms with Crippen molar-refractivity contribution < 1.29 is 13.2 Å². The molecule has 5 nitrogen and oxygen atoms in total. The molecule has 1 heterocycles. The minimum atomic E-state index is -3.42. The summed E-state index contributed by atoms with van der Waals surface area (Å²) in [6.45, 7) is 8.67. The maximum Gasteiger partial charge on any atom is 0.241 e. The van der Waals surface area contributed by atoms with E-state index in [0.717, 1.165) is 18.8 Å². The molecule has 148 valence electrons. The van der Waals surface area contributed by atoms with Crippen LogP contribution >= 0.6 is 12.4 Å². The zero-order valence-corrected chi connectivity index (χ0v) is 17.7. The molecule has 2 rings (SSSR count). The lowest BCUT2D eigenvalue weighted by Crippen LogP contribution is -2.57. The second kappa shape index (κ2) is 8.57. The van der Waals surface area contributed by atoms with Gasteiger partial charge in [-0.3, -0.25) is 4.79 Å². The number of halogens is 1. The zero-order chi connectivity index (χ0) is 18.0. The third-order valence-electron chi connectivity index (χ3n) is 6.16. The van der Waals surface area contributed by atoms with Gasteiger partial charge in [-0.25, -0.2) is 8.42 Å². The van der Waals surface area contributed by atoms with E-state index in [1.807, 2.05) is 0 Å². The highest BCUT2D eigenvalue weighted by atomic mass is 35.5. The van der Waals surface area contributed by atoms with Crippen LogP contribution < -0.4 is 10.6 Å². The molecule has 0 aromatic carbocycles. The number of nitrogens with one attached hydrogen (secondary N) is 2. The standard InChI is InChI=1S/C18H34N2O3S.ClH/c1-17(2,3)15-7-5-14(6-8-15)13-20-16(21)18(24(4,22)23)9-11-19-12-10-18;/h14-15,19H,5-13H2,1-4H3,(H,20,21);1H. The topological polar surface area (TPSA) is 75.3 Å². The molecule has 0 aromatic rings. The first kappa shape index (κ1) is 22.7. The number of rotatable bonds is 4. The second-order valence-corrected chi connectivity index (χ2v) is 11.1. The Bertz CT molecular complexity index is 543. The van der Waals surface area contributed by atoms with Gasteiger partial charge in [0.25, 0.3) is 0 Å². The summed E-state index contributed by atoms with van der Waals surface area (Å²) in [4.78, 5) is 12.7. The van der Waals surface area contributed by atoms with E-state index in [4.69, 9.17) is 0 Å². The van der Waals surface area contributed by atoms with Crippen LogP contribution in [0.15, 0.2) is 0 Å². The van der Waals surface area contributed by atoms with Gasteiger partial charge in [0, 0.05) is 12.8 Å². The number of carbonyl (C=O) groups is 1. The molecule has 1 aliphatic heterocycles. The molecule has 2 fully saturated rings. The third kappa shape index (κ3) is 5.33. The molecule has 1 saturated carbocycles. The zero-order valence-electron chi connectivity index (χ0n) is 16.1. The van der Waals surface area contributed by atoms with Crippen LogP contribution in [0.5, 0.6) is 0 Å². The summed E-state index contributed by atoms with van der Waals surface area (Å²) in [6, 6.07) is 0. The van der Waals surface area contributed by atoms with Crippen LogP contribution in [-0.2, 0) is 14.6 Å². The van der Waals surface area contributed by atoms with Crippen LogP contribution in [0.4, 0.5) is 0 Å². The second-order valence-electron chi connectivity index (χ2n) is 8.81. The SMILES string of the molecule is CC(C)(C)C1CCC(CNC(=O)C2(S(C)(=O)=O)CCNCC2)CC1.Cl. The van der Waals surface area contributed by atoms with Crippen molar-refractivity contribution in [2.24, 2.45) is 17.3 Å². The number of hydrogen-bond donors (Lipinski definition) is 2. The summed E-state index contributed by atoms with van der Waals surface area (Å²) in [6.07, 6.45) is 6.58. The molecular weight excluding hydrogens is 360 g/mol. The van der Waals surface area contributed by atoms with E-state index in [9.17, 15) is 13.2 Å². The first-order valence-corrected chi connectivity index (χ1v) is 11.1. The van der Waals surface area contributed by atoms with E-state index in [0.29, 0.717) is 43.8 Å². The minimum Gasteiger partial charge on any atom is -0.354 e. The lowest BCUT2D eigenvalue weighted by Gasteiger charge is -2.38. The summed E-state index contributed by atoms with van der Waals surface area (Å²) < 4.78 is 23.3. The third-order valence-corrected chi connectivity index (χ3v) is 8.17. The molecule has 25 heavy (non-hydrogen) atoms. The van der Waals surface area contributed by atoms with Gasteiger partial charge in [0.1, 0.15) is 0 Å². The summed E-state index contributed by atoms with van der Waals surface area (Å²) in [5.41, 5.74) is 0.351. The summed E-state index contributed by atoms with van der Waals surface area (Å²) in [7, 11) is -3.42. The molecule has 0 spiro atoms. The Balaban J connectivity index is 0.00000312. The average Bonchev–Trinajstić information content (AvgIpc) is 2.51. The molecule has 1 amide bonds. The van der Waals surface area contributed by atoms with Gasteiger partial charge in [-0.2, -0.15) is 0 Å². The van der Waals surface area contributed by atoms with Gasteiger partial charge >= 0.3 is 0 Å². The number of carbonyl (C=O) groups excluding carboxylic acids is 1. The normalized spacial score (nSPS) is 27.2.